The van der Waals surface area contributed by atoms with Crippen LogP contribution in [0.15, 0.2) is 46.3 Å². The fraction of sp³-hybridized carbons (Fsp3) is 0.300. The minimum absolute atomic E-state index is 0.0729. The first-order valence-electron chi connectivity index (χ1n) is 8.79. The number of likely N-dealkylation sites (N-methyl/N-ethyl adjacent to an activating group) is 1. The van der Waals surface area contributed by atoms with Crippen molar-refractivity contribution in [1.29, 1.82) is 0 Å². The number of carbonyl (C=O) groups excluding carboxylic acids is 2. The van der Waals surface area contributed by atoms with Crippen LogP contribution in [0, 0.1) is 0 Å². The highest BCUT2D eigenvalue weighted by molar-refractivity contribution is 9.11. The van der Waals surface area contributed by atoms with Gasteiger partial charge in [0.25, 0.3) is 5.91 Å². The van der Waals surface area contributed by atoms with Crippen molar-refractivity contribution >= 4 is 45.2 Å². The second-order valence-electron chi connectivity index (χ2n) is 6.49. The van der Waals surface area contributed by atoms with Gasteiger partial charge in [0, 0.05) is 49.2 Å². The zero-order valence-corrected chi connectivity index (χ0v) is 17.6. The molecule has 2 heterocycles. The van der Waals surface area contributed by atoms with Crippen LogP contribution < -0.4 is 5.32 Å². The summed E-state index contributed by atoms with van der Waals surface area (Å²) >= 11 is 4.97. The van der Waals surface area contributed by atoms with Crippen LogP contribution in [0.4, 0.5) is 0 Å². The number of hydrogen-bond donors (Lipinski definition) is 1. The van der Waals surface area contributed by atoms with Gasteiger partial charge in [0.15, 0.2) is 0 Å². The Morgan fingerprint density at radius 1 is 1.11 bits per heavy atom. The quantitative estimate of drug-likeness (QED) is 0.715. The molecule has 0 radical (unpaired) electrons. The van der Waals surface area contributed by atoms with E-state index < -0.39 is 0 Å². The smallest absolute Gasteiger partial charge is 0.253 e. The maximum Gasteiger partial charge on any atom is 0.253 e. The molecular formula is C20H22BrN3O2S. The average molecular weight is 448 g/mol. The van der Waals surface area contributed by atoms with Gasteiger partial charge in [-0.2, -0.15) is 0 Å². The molecule has 27 heavy (non-hydrogen) atoms. The van der Waals surface area contributed by atoms with E-state index in [0.29, 0.717) is 12.1 Å². The molecule has 0 unspecified atom stereocenters. The van der Waals surface area contributed by atoms with Gasteiger partial charge in [-0.25, -0.2) is 0 Å². The minimum Gasteiger partial charge on any atom is -0.348 e. The van der Waals surface area contributed by atoms with Gasteiger partial charge >= 0.3 is 0 Å². The number of nitrogens with zero attached hydrogens (tertiary/aromatic N) is 2. The Kier molecular flexibility index (Phi) is 6.82. The number of nitrogens with one attached hydrogen (secondary N) is 1. The standard InChI is InChI=1S/C20H22BrN3O2S/c1-23-10-12-24(13-11-23)20(26)16-4-2-15(3-5-16)14-22-19(25)9-7-17-6-8-18(21)27-17/h2-9H,10-14H2,1H3,(H,22,25)/b9-7+. The lowest BCUT2D eigenvalue weighted by atomic mass is 10.1. The summed E-state index contributed by atoms with van der Waals surface area (Å²) in [6, 6.07) is 11.4. The molecule has 1 fully saturated rings. The number of hydrogen-bond acceptors (Lipinski definition) is 4. The first-order chi connectivity index (χ1) is 13.0. The summed E-state index contributed by atoms with van der Waals surface area (Å²) in [7, 11) is 2.07. The van der Waals surface area contributed by atoms with Gasteiger partial charge in [-0.3, -0.25) is 9.59 Å². The van der Waals surface area contributed by atoms with Gasteiger partial charge in [-0.05, 0) is 58.9 Å². The molecule has 2 amide bonds. The Balaban J connectivity index is 1.49. The number of amides is 2. The lowest BCUT2D eigenvalue weighted by molar-refractivity contribution is -0.116. The molecule has 5 nitrogen and oxygen atoms in total. The Morgan fingerprint density at radius 3 is 2.44 bits per heavy atom. The normalized spacial score (nSPS) is 15.3. The third-order valence-corrected chi connectivity index (χ3v) is 6.04. The van der Waals surface area contributed by atoms with Crippen LogP contribution >= 0.6 is 27.3 Å². The van der Waals surface area contributed by atoms with Gasteiger partial charge in [-0.15, -0.1) is 11.3 Å². The number of rotatable bonds is 5. The number of benzene rings is 1. The Hall–Kier alpha value is -1.96. The lowest BCUT2D eigenvalue weighted by Crippen LogP contribution is -2.47. The third kappa shape index (κ3) is 5.76. The molecule has 2 aromatic rings. The number of thiophene rings is 1. The van der Waals surface area contributed by atoms with Gasteiger partial charge in [-0.1, -0.05) is 12.1 Å². The van der Waals surface area contributed by atoms with Crippen LogP contribution in [-0.2, 0) is 11.3 Å². The molecule has 142 valence electrons. The van der Waals surface area contributed by atoms with Crippen molar-refractivity contribution in [2.45, 2.75) is 6.54 Å². The molecule has 0 spiro atoms. The summed E-state index contributed by atoms with van der Waals surface area (Å²) in [5, 5.41) is 2.86. The van der Waals surface area contributed by atoms with Crippen molar-refractivity contribution in [2.24, 2.45) is 0 Å². The highest BCUT2D eigenvalue weighted by Gasteiger charge is 2.20. The summed E-state index contributed by atoms with van der Waals surface area (Å²) in [5.74, 6) is -0.0687. The minimum atomic E-state index is -0.142. The monoisotopic (exact) mass is 447 g/mol. The lowest BCUT2D eigenvalue weighted by Gasteiger charge is -2.32. The summed E-state index contributed by atoms with van der Waals surface area (Å²) in [4.78, 5) is 29.6. The first-order valence-corrected chi connectivity index (χ1v) is 10.4. The van der Waals surface area contributed by atoms with Crippen molar-refractivity contribution in [3.8, 4) is 0 Å². The molecule has 7 heteroatoms. The van der Waals surface area contributed by atoms with Crippen molar-refractivity contribution in [3.63, 3.8) is 0 Å². The maximum atomic E-state index is 12.5. The Bertz CT molecular complexity index is 824. The fourth-order valence-electron chi connectivity index (χ4n) is 2.78. The van der Waals surface area contributed by atoms with E-state index in [1.54, 1.807) is 17.4 Å². The van der Waals surface area contributed by atoms with E-state index in [1.807, 2.05) is 41.3 Å². The van der Waals surface area contributed by atoms with E-state index in [-0.39, 0.29) is 11.8 Å². The second-order valence-corrected chi connectivity index (χ2v) is 8.98. The van der Waals surface area contributed by atoms with Crippen LogP contribution in [0.25, 0.3) is 6.08 Å². The van der Waals surface area contributed by atoms with E-state index in [1.165, 1.54) is 6.08 Å². The largest absolute Gasteiger partial charge is 0.348 e. The number of piperazine rings is 1. The molecule has 3 rings (SSSR count). The van der Waals surface area contributed by atoms with Crippen molar-refractivity contribution in [3.05, 3.63) is 62.3 Å². The summed E-state index contributed by atoms with van der Waals surface area (Å²) < 4.78 is 1.04. The van der Waals surface area contributed by atoms with Crippen LogP contribution in [0.3, 0.4) is 0 Å². The van der Waals surface area contributed by atoms with Gasteiger partial charge < -0.3 is 15.1 Å². The molecule has 0 atom stereocenters. The van der Waals surface area contributed by atoms with E-state index in [4.69, 9.17) is 0 Å². The second kappa shape index (κ2) is 9.30. The SMILES string of the molecule is CN1CCN(C(=O)c2ccc(CNC(=O)/C=C/c3ccc(Br)s3)cc2)CC1. The van der Waals surface area contributed by atoms with Crippen molar-refractivity contribution < 1.29 is 9.59 Å². The molecule has 1 aliphatic heterocycles. The topological polar surface area (TPSA) is 52.6 Å². The zero-order valence-electron chi connectivity index (χ0n) is 15.2. The van der Waals surface area contributed by atoms with Gasteiger partial charge in [0.1, 0.15) is 0 Å². The van der Waals surface area contributed by atoms with Gasteiger partial charge in [0.2, 0.25) is 5.91 Å². The predicted octanol–water partition coefficient (Wildman–Crippen LogP) is 3.23. The van der Waals surface area contributed by atoms with Crippen molar-refractivity contribution in [2.75, 3.05) is 33.2 Å². The molecule has 0 bridgehead atoms. The molecule has 0 saturated carbocycles. The molecular weight excluding hydrogens is 426 g/mol. The van der Waals surface area contributed by atoms with Crippen molar-refractivity contribution in [1.82, 2.24) is 15.1 Å². The Labute approximate surface area is 171 Å². The summed E-state index contributed by atoms with van der Waals surface area (Å²) in [6.45, 7) is 3.78. The number of carbonyl (C=O) groups is 2. The van der Waals surface area contributed by atoms with Crippen LogP contribution in [0.1, 0.15) is 20.8 Å². The van der Waals surface area contributed by atoms with E-state index in [0.717, 1.165) is 40.4 Å². The fourth-order valence-corrected chi connectivity index (χ4v) is 4.11. The molecule has 1 N–H and O–H groups in total. The zero-order chi connectivity index (χ0) is 19.2. The summed E-state index contributed by atoms with van der Waals surface area (Å²) in [6.07, 6.45) is 3.33. The van der Waals surface area contributed by atoms with Gasteiger partial charge in [0.05, 0.1) is 3.79 Å². The van der Waals surface area contributed by atoms with E-state index >= 15 is 0 Å². The average Bonchev–Trinajstić information content (AvgIpc) is 3.10. The molecule has 1 aliphatic rings. The van der Waals surface area contributed by atoms with Crippen LogP contribution in [-0.4, -0.2) is 54.8 Å². The highest BCUT2D eigenvalue weighted by atomic mass is 79.9. The molecule has 0 aliphatic carbocycles. The predicted molar refractivity (Wildman–Crippen MR) is 113 cm³/mol. The molecule has 1 saturated heterocycles. The maximum absolute atomic E-state index is 12.5. The van der Waals surface area contributed by atoms with Crippen LogP contribution in [0.5, 0.6) is 0 Å². The van der Waals surface area contributed by atoms with Crippen LogP contribution in [0.2, 0.25) is 0 Å². The highest BCUT2D eigenvalue weighted by Crippen LogP contribution is 2.22. The number of halogens is 1. The Morgan fingerprint density at radius 2 is 1.81 bits per heavy atom. The first kappa shape index (κ1) is 19.8. The van der Waals surface area contributed by atoms with E-state index in [9.17, 15) is 9.59 Å². The van der Waals surface area contributed by atoms with E-state index in [2.05, 4.69) is 33.2 Å². The third-order valence-electron chi connectivity index (χ3n) is 4.45. The summed E-state index contributed by atoms with van der Waals surface area (Å²) in [5.41, 5.74) is 1.66. The molecule has 1 aromatic heterocycles. The molecule has 1 aromatic carbocycles.